The third-order valence-electron chi connectivity index (χ3n) is 5.62. The van der Waals surface area contributed by atoms with Crippen LogP contribution in [0.25, 0.3) is 5.69 Å². The molecule has 14 nitrogen and oxygen atoms in total. The normalized spacial score (nSPS) is 13.9. The van der Waals surface area contributed by atoms with E-state index in [-0.39, 0.29) is 57.2 Å². The van der Waals surface area contributed by atoms with E-state index in [1.807, 2.05) is 0 Å². The summed E-state index contributed by atoms with van der Waals surface area (Å²) in [6.45, 7) is 2.09. The van der Waals surface area contributed by atoms with E-state index in [2.05, 4.69) is 10.4 Å². The number of carbonyl (C=O) groups excluding carboxylic acids is 3. The van der Waals surface area contributed by atoms with Gasteiger partial charge in [0.15, 0.2) is 12.3 Å². The van der Waals surface area contributed by atoms with Gasteiger partial charge in [-0.15, -0.1) is 0 Å². The van der Waals surface area contributed by atoms with Crippen molar-refractivity contribution in [1.82, 2.24) is 24.9 Å². The Balaban J connectivity index is 1.76. The molecule has 1 aliphatic heterocycles. The minimum atomic E-state index is -1.22. The monoisotopic (exact) mass is 531 g/mol. The van der Waals surface area contributed by atoms with Crippen LogP contribution >= 0.6 is 0 Å². The summed E-state index contributed by atoms with van der Waals surface area (Å²) in [5.74, 6) is -3.63. The lowest BCUT2D eigenvalue weighted by Crippen LogP contribution is -2.56. The van der Waals surface area contributed by atoms with E-state index in [0.29, 0.717) is 5.69 Å². The molecule has 1 aromatic heterocycles. The number of piperazine rings is 1. The number of aliphatic carboxylic acids is 2. The first-order valence-corrected chi connectivity index (χ1v) is 11.9. The standard InChI is InChI=1S/C24H29N5O9/c1-2-37-24(36)28-12-10-27(11-13-28)23(35)17(8-9-20(30)31)25-22(34)18-14-19(38-15-21(32)33)29(26-18)16-6-4-3-5-7-16/h3-7,14,17H,2,8-13,15H2,1H3,(H,25,34)(H,30,31)(H,32,33). The Labute approximate surface area is 217 Å². The van der Waals surface area contributed by atoms with Crippen LogP contribution in [0.4, 0.5) is 4.79 Å². The van der Waals surface area contributed by atoms with Crippen LogP contribution in [-0.4, -0.2) is 105 Å². The van der Waals surface area contributed by atoms with Crippen molar-refractivity contribution in [3.63, 3.8) is 0 Å². The Morgan fingerprint density at radius 1 is 1.00 bits per heavy atom. The van der Waals surface area contributed by atoms with Gasteiger partial charge in [0.25, 0.3) is 5.91 Å². The zero-order valence-corrected chi connectivity index (χ0v) is 20.7. The summed E-state index contributed by atoms with van der Waals surface area (Å²) in [6, 6.07) is 8.64. The van der Waals surface area contributed by atoms with Crippen molar-refractivity contribution in [3.05, 3.63) is 42.1 Å². The molecule has 0 saturated carbocycles. The molecular formula is C24H29N5O9. The first-order chi connectivity index (χ1) is 18.2. The van der Waals surface area contributed by atoms with Crippen LogP contribution in [0.2, 0.25) is 0 Å². The molecule has 3 rings (SSSR count). The second kappa shape index (κ2) is 13.1. The molecule has 2 heterocycles. The number of rotatable bonds is 11. The van der Waals surface area contributed by atoms with Gasteiger partial charge in [-0.2, -0.15) is 5.10 Å². The number of hydrogen-bond acceptors (Lipinski definition) is 8. The van der Waals surface area contributed by atoms with Gasteiger partial charge in [0.1, 0.15) is 6.04 Å². The molecule has 1 unspecified atom stereocenters. The SMILES string of the molecule is CCOC(=O)N1CCN(C(=O)C(CCC(=O)O)NC(=O)c2cc(OCC(=O)O)n(-c3ccccc3)n2)CC1. The van der Waals surface area contributed by atoms with Crippen LogP contribution in [0.3, 0.4) is 0 Å². The highest BCUT2D eigenvalue weighted by Crippen LogP contribution is 2.20. The van der Waals surface area contributed by atoms with Crippen molar-refractivity contribution in [2.45, 2.75) is 25.8 Å². The zero-order chi connectivity index (χ0) is 27.7. The van der Waals surface area contributed by atoms with Gasteiger partial charge in [-0.25, -0.2) is 14.3 Å². The molecule has 3 amide bonds. The number of nitrogens with zero attached hydrogens (tertiary/aromatic N) is 4. The summed E-state index contributed by atoms with van der Waals surface area (Å²) in [5, 5.41) is 24.9. The van der Waals surface area contributed by atoms with Gasteiger partial charge in [-0.1, -0.05) is 18.2 Å². The topological polar surface area (TPSA) is 181 Å². The lowest BCUT2D eigenvalue weighted by Gasteiger charge is -2.35. The van der Waals surface area contributed by atoms with Crippen molar-refractivity contribution >= 4 is 29.8 Å². The van der Waals surface area contributed by atoms with Crippen molar-refractivity contribution in [3.8, 4) is 11.6 Å². The lowest BCUT2D eigenvalue weighted by molar-refractivity contribution is -0.140. The van der Waals surface area contributed by atoms with Gasteiger partial charge < -0.3 is 34.8 Å². The lowest BCUT2D eigenvalue weighted by atomic mass is 10.1. The van der Waals surface area contributed by atoms with Crippen LogP contribution in [0.5, 0.6) is 5.88 Å². The summed E-state index contributed by atoms with van der Waals surface area (Å²) in [4.78, 5) is 63.3. The fourth-order valence-electron chi connectivity index (χ4n) is 3.77. The van der Waals surface area contributed by atoms with E-state index in [1.54, 1.807) is 37.3 Å². The Morgan fingerprint density at radius 3 is 2.26 bits per heavy atom. The molecule has 14 heteroatoms. The van der Waals surface area contributed by atoms with Crippen molar-refractivity contribution in [2.75, 3.05) is 39.4 Å². The fraction of sp³-hybridized carbons (Fsp3) is 0.417. The number of carboxylic acid groups (broad SMARTS) is 2. The van der Waals surface area contributed by atoms with Crippen LogP contribution in [-0.2, 0) is 19.1 Å². The minimum absolute atomic E-state index is 0.00718. The minimum Gasteiger partial charge on any atom is -0.481 e. The molecule has 0 aliphatic carbocycles. The van der Waals surface area contributed by atoms with Crippen molar-refractivity contribution in [1.29, 1.82) is 0 Å². The molecule has 1 aromatic carbocycles. The Kier molecular flexibility index (Phi) is 9.62. The highest BCUT2D eigenvalue weighted by atomic mass is 16.6. The van der Waals surface area contributed by atoms with Gasteiger partial charge in [0.05, 0.1) is 12.3 Å². The van der Waals surface area contributed by atoms with Gasteiger partial charge in [0.2, 0.25) is 11.8 Å². The molecule has 1 aliphatic rings. The summed E-state index contributed by atoms with van der Waals surface area (Å²) < 4.78 is 11.5. The summed E-state index contributed by atoms with van der Waals surface area (Å²) >= 11 is 0. The molecular weight excluding hydrogens is 502 g/mol. The predicted octanol–water partition coefficient (Wildman–Crippen LogP) is 0.600. The first-order valence-electron chi connectivity index (χ1n) is 11.9. The third-order valence-corrected chi connectivity index (χ3v) is 5.62. The molecule has 3 N–H and O–H groups in total. The average Bonchev–Trinajstić information content (AvgIpc) is 3.34. The number of aromatic nitrogens is 2. The number of nitrogens with one attached hydrogen (secondary N) is 1. The van der Waals surface area contributed by atoms with E-state index >= 15 is 0 Å². The number of hydrogen-bond donors (Lipinski definition) is 3. The van der Waals surface area contributed by atoms with Gasteiger partial charge in [-0.3, -0.25) is 14.4 Å². The number of benzene rings is 1. The van der Waals surface area contributed by atoms with E-state index in [0.717, 1.165) is 0 Å². The predicted molar refractivity (Wildman–Crippen MR) is 130 cm³/mol. The highest BCUT2D eigenvalue weighted by molar-refractivity contribution is 5.96. The zero-order valence-electron chi connectivity index (χ0n) is 20.7. The van der Waals surface area contributed by atoms with Gasteiger partial charge in [0, 0.05) is 38.7 Å². The molecule has 1 fully saturated rings. The smallest absolute Gasteiger partial charge is 0.409 e. The van der Waals surface area contributed by atoms with Crippen molar-refractivity contribution < 1.29 is 43.7 Å². The number of ether oxygens (including phenoxy) is 2. The quantitative estimate of drug-likeness (QED) is 0.371. The molecule has 1 atom stereocenters. The van der Waals surface area contributed by atoms with Crippen molar-refractivity contribution in [2.24, 2.45) is 0 Å². The number of para-hydroxylation sites is 1. The molecule has 0 spiro atoms. The molecule has 38 heavy (non-hydrogen) atoms. The second-order valence-electron chi connectivity index (χ2n) is 8.27. The second-order valence-corrected chi connectivity index (χ2v) is 8.27. The number of amides is 3. The van der Waals surface area contributed by atoms with Gasteiger partial charge in [-0.05, 0) is 25.5 Å². The summed E-state index contributed by atoms with van der Waals surface area (Å²) in [6.07, 6.45) is -1.02. The van der Waals surface area contributed by atoms with E-state index < -0.39 is 42.5 Å². The van der Waals surface area contributed by atoms with Crippen LogP contribution in [0, 0.1) is 0 Å². The Bertz CT molecular complexity index is 1160. The average molecular weight is 532 g/mol. The summed E-state index contributed by atoms with van der Waals surface area (Å²) in [7, 11) is 0. The maximum atomic E-state index is 13.2. The highest BCUT2D eigenvalue weighted by Gasteiger charge is 2.31. The largest absolute Gasteiger partial charge is 0.481 e. The van der Waals surface area contributed by atoms with Gasteiger partial charge >= 0.3 is 18.0 Å². The molecule has 2 aromatic rings. The molecule has 0 bridgehead atoms. The number of carbonyl (C=O) groups is 5. The maximum Gasteiger partial charge on any atom is 0.409 e. The maximum absolute atomic E-state index is 13.2. The number of carboxylic acids is 2. The van der Waals surface area contributed by atoms with E-state index in [4.69, 9.17) is 19.7 Å². The molecule has 0 radical (unpaired) electrons. The van der Waals surface area contributed by atoms with E-state index in [9.17, 15) is 24.0 Å². The third kappa shape index (κ3) is 7.44. The molecule has 204 valence electrons. The Hall–Kier alpha value is -4.62. The Morgan fingerprint density at radius 2 is 1.66 bits per heavy atom. The van der Waals surface area contributed by atoms with Crippen LogP contribution < -0.4 is 10.1 Å². The van der Waals surface area contributed by atoms with Crippen LogP contribution in [0.15, 0.2) is 36.4 Å². The van der Waals surface area contributed by atoms with Crippen LogP contribution in [0.1, 0.15) is 30.3 Å². The summed E-state index contributed by atoms with van der Waals surface area (Å²) in [5.41, 5.74) is 0.347. The van der Waals surface area contributed by atoms with E-state index in [1.165, 1.54) is 20.5 Å². The first kappa shape index (κ1) is 28.0. The fourth-order valence-corrected chi connectivity index (χ4v) is 3.77. The molecule has 1 saturated heterocycles.